The Morgan fingerprint density at radius 3 is 2.70 bits per heavy atom. The highest BCUT2D eigenvalue weighted by molar-refractivity contribution is 5.95. The minimum absolute atomic E-state index is 0.0142. The molecule has 1 atom stereocenters. The first kappa shape index (κ1) is 27.9. The zero-order valence-corrected chi connectivity index (χ0v) is 23.5. The maximum Gasteiger partial charge on any atom is 0.276 e. The smallest absolute Gasteiger partial charge is 0.276 e. The lowest BCUT2D eigenvalue weighted by Crippen LogP contribution is -2.35. The van der Waals surface area contributed by atoms with Gasteiger partial charge >= 0.3 is 0 Å². The van der Waals surface area contributed by atoms with Gasteiger partial charge in [0.05, 0.1) is 37.2 Å². The molecule has 0 spiro atoms. The van der Waals surface area contributed by atoms with E-state index in [1.54, 1.807) is 32.2 Å². The zero-order valence-electron chi connectivity index (χ0n) is 23.5. The van der Waals surface area contributed by atoms with Crippen molar-refractivity contribution >= 4 is 16.8 Å². The number of fused-ring (bicyclic) bond motifs is 3. The first-order chi connectivity index (χ1) is 20.9. The molecule has 2 aliphatic rings. The van der Waals surface area contributed by atoms with Gasteiger partial charge in [0.1, 0.15) is 30.7 Å². The predicted molar refractivity (Wildman–Crippen MR) is 150 cm³/mol. The molecule has 1 unspecified atom stereocenters. The van der Waals surface area contributed by atoms with E-state index >= 15 is 4.39 Å². The lowest BCUT2D eigenvalue weighted by atomic mass is 10.1. The quantitative estimate of drug-likeness (QED) is 0.309. The van der Waals surface area contributed by atoms with Crippen molar-refractivity contribution in [1.29, 1.82) is 0 Å². The third-order valence-corrected chi connectivity index (χ3v) is 6.83. The average Bonchev–Trinajstić information content (AvgIpc) is 3.42. The molecule has 11 nitrogen and oxygen atoms in total. The van der Waals surface area contributed by atoms with Crippen LogP contribution >= 0.6 is 0 Å². The minimum Gasteiger partial charge on any atom is -0.493 e. The van der Waals surface area contributed by atoms with Crippen LogP contribution in [0.3, 0.4) is 0 Å². The number of halogens is 2. The second-order valence-electron chi connectivity index (χ2n) is 9.66. The lowest BCUT2D eigenvalue weighted by molar-refractivity contribution is 0.0934. The molecule has 0 bridgehead atoms. The van der Waals surface area contributed by atoms with Crippen LogP contribution in [0, 0.1) is 12.7 Å². The van der Waals surface area contributed by atoms with Crippen LogP contribution in [0.15, 0.2) is 60.5 Å². The number of carbonyl (C=O) groups excluding carboxylic acids is 1. The number of allylic oxidation sites excluding steroid dienone is 1. The van der Waals surface area contributed by atoms with Gasteiger partial charge < -0.3 is 29.0 Å². The van der Waals surface area contributed by atoms with Crippen LogP contribution in [0.5, 0.6) is 28.9 Å². The summed E-state index contributed by atoms with van der Waals surface area (Å²) in [6.45, 7) is 4.44. The molecule has 0 radical (unpaired) electrons. The van der Waals surface area contributed by atoms with E-state index in [1.165, 1.54) is 42.4 Å². The number of nitrogens with one attached hydrogen (secondary N) is 1. The van der Waals surface area contributed by atoms with Crippen LogP contribution in [0.2, 0.25) is 0 Å². The molecule has 6 rings (SSSR count). The van der Waals surface area contributed by atoms with Gasteiger partial charge in [0, 0.05) is 6.07 Å². The van der Waals surface area contributed by atoms with Crippen molar-refractivity contribution in [3.63, 3.8) is 0 Å². The second kappa shape index (κ2) is 11.6. The van der Waals surface area contributed by atoms with Gasteiger partial charge in [-0.15, -0.1) is 0 Å². The number of nitrogens with zero attached hydrogens (tertiary/aromatic N) is 4. The summed E-state index contributed by atoms with van der Waals surface area (Å²) in [6, 6.07) is 5.22. The summed E-state index contributed by atoms with van der Waals surface area (Å²) in [7, 11) is 1.51. The largest absolute Gasteiger partial charge is 0.493 e. The Hall–Kier alpha value is -5.20. The Labute approximate surface area is 244 Å². The maximum atomic E-state index is 15.3. The summed E-state index contributed by atoms with van der Waals surface area (Å²) in [4.78, 5) is 21.7. The topological polar surface area (TPSA) is 119 Å². The van der Waals surface area contributed by atoms with E-state index in [9.17, 15) is 9.18 Å². The van der Waals surface area contributed by atoms with Gasteiger partial charge in [0.25, 0.3) is 5.91 Å². The summed E-state index contributed by atoms with van der Waals surface area (Å²) in [5.41, 5.74) is 1.70. The third kappa shape index (κ3) is 5.41. The van der Waals surface area contributed by atoms with Gasteiger partial charge in [-0.1, -0.05) is 0 Å². The van der Waals surface area contributed by atoms with E-state index in [4.69, 9.17) is 23.7 Å². The standard InChI is InChI=1S/C30H27F2N5O6/c1-4-40-24-14-37(21-7-5-17(31)11-16(21)2)36-26(24)29(38)35-18-6-8-22(19(32)12-18)43-30-25-20(33-15-34-30)13-23(39-3)27-28(25)42-10-9-41-27/h5,7-8,11-15,18H,4,6,9-10H2,1-3H3,(H,35,38). The Balaban J connectivity index is 1.21. The number of rotatable bonds is 8. The van der Waals surface area contributed by atoms with Gasteiger partial charge in [-0.05, 0) is 56.2 Å². The molecular weight excluding hydrogens is 564 g/mol. The van der Waals surface area contributed by atoms with Crippen molar-refractivity contribution in [1.82, 2.24) is 25.1 Å². The van der Waals surface area contributed by atoms with Crippen molar-refractivity contribution in [2.45, 2.75) is 26.3 Å². The number of aromatic nitrogens is 4. The first-order valence-electron chi connectivity index (χ1n) is 13.5. The average molecular weight is 592 g/mol. The monoisotopic (exact) mass is 591 g/mol. The van der Waals surface area contributed by atoms with Gasteiger partial charge in [0.15, 0.2) is 34.5 Å². The van der Waals surface area contributed by atoms with Crippen LogP contribution in [-0.2, 0) is 0 Å². The van der Waals surface area contributed by atoms with Crippen molar-refractivity contribution in [3.8, 4) is 34.6 Å². The highest BCUT2D eigenvalue weighted by Crippen LogP contribution is 2.47. The van der Waals surface area contributed by atoms with E-state index in [2.05, 4.69) is 20.4 Å². The fraction of sp³-hybridized carbons (Fsp3) is 0.267. The molecule has 13 heteroatoms. The van der Waals surface area contributed by atoms with Crippen LogP contribution < -0.4 is 29.0 Å². The Morgan fingerprint density at radius 1 is 1.14 bits per heavy atom. The van der Waals surface area contributed by atoms with Crippen LogP contribution in [0.25, 0.3) is 16.6 Å². The molecule has 1 aliphatic heterocycles. The van der Waals surface area contributed by atoms with Crippen LogP contribution in [0.4, 0.5) is 8.78 Å². The molecule has 2 aromatic heterocycles. The molecule has 2 aromatic carbocycles. The molecule has 1 N–H and O–H groups in total. The first-order valence-corrected chi connectivity index (χ1v) is 13.5. The van der Waals surface area contributed by atoms with Crippen molar-refractivity contribution in [2.75, 3.05) is 26.9 Å². The molecule has 1 amide bonds. The van der Waals surface area contributed by atoms with E-state index in [1.807, 2.05) is 0 Å². The number of aryl methyl sites for hydroxylation is 1. The number of carbonyl (C=O) groups is 1. The fourth-order valence-electron chi connectivity index (χ4n) is 4.88. The second-order valence-corrected chi connectivity index (χ2v) is 9.66. The van der Waals surface area contributed by atoms with Crippen molar-refractivity contribution in [3.05, 3.63) is 77.6 Å². The summed E-state index contributed by atoms with van der Waals surface area (Å²) in [5, 5.41) is 7.57. The SMILES string of the molecule is CCOc1cn(-c2ccc(F)cc2C)nc1C(=O)NC1C=C(F)C(Oc2ncnc3cc(OC)c4c(c23)OCCO4)=CC1. The van der Waals surface area contributed by atoms with Gasteiger partial charge in [-0.3, -0.25) is 4.79 Å². The number of hydrogen-bond acceptors (Lipinski definition) is 9. The van der Waals surface area contributed by atoms with Crippen molar-refractivity contribution in [2.24, 2.45) is 0 Å². The van der Waals surface area contributed by atoms with Crippen molar-refractivity contribution < 1.29 is 37.3 Å². The third-order valence-electron chi connectivity index (χ3n) is 6.83. The molecule has 0 fully saturated rings. The van der Waals surface area contributed by atoms with Gasteiger partial charge in [-0.2, -0.15) is 5.10 Å². The van der Waals surface area contributed by atoms with Gasteiger partial charge in [0.2, 0.25) is 11.6 Å². The molecule has 222 valence electrons. The zero-order chi connectivity index (χ0) is 30.1. The molecule has 0 saturated carbocycles. The molecule has 43 heavy (non-hydrogen) atoms. The Kier molecular flexibility index (Phi) is 7.53. The van der Waals surface area contributed by atoms with Crippen LogP contribution in [0.1, 0.15) is 29.4 Å². The van der Waals surface area contributed by atoms with E-state index < -0.39 is 17.8 Å². The molecule has 0 saturated heterocycles. The molecule has 4 aromatic rings. The predicted octanol–water partition coefficient (Wildman–Crippen LogP) is 4.76. The summed E-state index contributed by atoms with van der Waals surface area (Å²) >= 11 is 0. The number of amides is 1. The molecule has 1 aliphatic carbocycles. The van der Waals surface area contributed by atoms with Crippen LogP contribution in [-0.4, -0.2) is 58.6 Å². The summed E-state index contributed by atoms with van der Waals surface area (Å²) < 4.78 is 58.9. The van der Waals surface area contributed by atoms with E-state index in [-0.39, 0.29) is 35.3 Å². The number of benzene rings is 2. The summed E-state index contributed by atoms with van der Waals surface area (Å²) in [6.07, 6.45) is 5.84. The molecular formula is C30H27F2N5O6. The summed E-state index contributed by atoms with van der Waals surface area (Å²) in [5.74, 6) is -0.206. The van der Waals surface area contributed by atoms with E-state index in [0.29, 0.717) is 59.2 Å². The maximum absolute atomic E-state index is 15.3. The number of hydrogen-bond donors (Lipinski definition) is 1. The molecule has 3 heterocycles. The lowest BCUT2D eigenvalue weighted by Gasteiger charge is -2.23. The van der Waals surface area contributed by atoms with E-state index in [0.717, 1.165) is 0 Å². The Morgan fingerprint density at radius 2 is 1.95 bits per heavy atom. The number of methoxy groups -OCH3 is 1. The number of ether oxygens (including phenoxy) is 5. The Bertz CT molecular complexity index is 1790. The van der Waals surface area contributed by atoms with Gasteiger partial charge in [-0.25, -0.2) is 23.4 Å². The highest BCUT2D eigenvalue weighted by Gasteiger charge is 2.28. The minimum atomic E-state index is -0.694. The normalized spacial score (nSPS) is 15.9. The fourth-order valence-corrected chi connectivity index (χ4v) is 4.88. The highest BCUT2D eigenvalue weighted by atomic mass is 19.1.